The minimum absolute atomic E-state index is 0.0548. The third-order valence-electron chi connectivity index (χ3n) is 3.24. The van der Waals surface area contributed by atoms with Crippen molar-refractivity contribution in [1.29, 1.82) is 0 Å². The molecule has 1 aliphatic heterocycles. The van der Waals surface area contributed by atoms with Gasteiger partial charge in [0.2, 0.25) is 10.0 Å². The second kappa shape index (κ2) is 5.79. The lowest BCUT2D eigenvalue weighted by Crippen LogP contribution is -2.29. The fourth-order valence-electron chi connectivity index (χ4n) is 2.22. The highest BCUT2D eigenvalue weighted by Crippen LogP contribution is 2.27. The third-order valence-corrected chi connectivity index (χ3v) is 5.74. The van der Waals surface area contributed by atoms with Gasteiger partial charge in [0.1, 0.15) is 5.82 Å². The minimum Gasteiger partial charge on any atom is -0.481 e. The minimum atomic E-state index is -3.77. The Kier molecular flexibility index (Phi) is 4.46. The van der Waals surface area contributed by atoms with E-state index >= 15 is 0 Å². The van der Waals surface area contributed by atoms with Crippen molar-refractivity contribution in [3.63, 3.8) is 0 Å². The molecule has 1 heterocycles. The number of aliphatic carboxylic acids is 1. The molecule has 20 heavy (non-hydrogen) atoms. The number of benzene rings is 1. The summed E-state index contributed by atoms with van der Waals surface area (Å²) in [5.74, 6) is -1.78. The maximum Gasteiger partial charge on any atom is 0.303 e. The van der Waals surface area contributed by atoms with E-state index in [-0.39, 0.29) is 34.8 Å². The molecule has 0 aromatic heterocycles. The maximum atomic E-state index is 13.4. The number of rotatable bonds is 4. The van der Waals surface area contributed by atoms with Crippen LogP contribution < -0.4 is 0 Å². The first-order valence-corrected chi connectivity index (χ1v) is 8.21. The van der Waals surface area contributed by atoms with Crippen LogP contribution in [0.1, 0.15) is 12.8 Å². The second-order valence-corrected chi connectivity index (χ2v) is 7.48. The van der Waals surface area contributed by atoms with Crippen LogP contribution >= 0.6 is 15.9 Å². The highest BCUT2D eigenvalue weighted by atomic mass is 79.9. The lowest BCUT2D eigenvalue weighted by molar-refractivity contribution is -0.137. The van der Waals surface area contributed by atoms with Gasteiger partial charge in [-0.15, -0.1) is 0 Å². The molecule has 1 fully saturated rings. The van der Waals surface area contributed by atoms with Gasteiger partial charge >= 0.3 is 5.97 Å². The summed E-state index contributed by atoms with van der Waals surface area (Å²) in [6, 6.07) is 3.63. The maximum absolute atomic E-state index is 13.4. The second-order valence-electron chi connectivity index (χ2n) is 4.69. The number of hydrogen-bond acceptors (Lipinski definition) is 3. The zero-order valence-electron chi connectivity index (χ0n) is 10.4. The number of carboxylic acid groups (broad SMARTS) is 1. The van der Waals surface area contributed by atoms with Crippen molar-refractivity contribution in [3.05, 3.63) is 28.5 Å². The monoisotopic (exact) mass is 365 g/mol. The van der Waals surface area contributed by atoms with Gasteiger partial charge in [0.25, 0.3) is 0 Å². The smallest absolute Gasteiger partial charge is 0.303 e. The molecule has 1 N–H and O–H groups in total. The number of halogens is 2. The summed E-state index contributed by atoms with van der Waals surface area (Å²) in [5.41, 5.74) is 0. The molecule has 0 saturated carbocycles. The third kappa shape index (κ3) is 3.18. The molecule has 0 radical (unpaired) electrons. The van der Waals surface area contributed by atoms with E-state index in [9.17, 15) is 17.6 Å². The summed E-state index contributed by atoms with van der Waals surface area (Å²) in [5, 5.41) is 8.72. The number of sulfonamides is 1. The van der Waals surface area contributed by atoms with E-state index in [1.807, 2.05) is 0 Å². The van der Waals surface area contributed by atoms with Gasteiger partial charge in [0.15, 0.2) is 0 Å². The van der Waals surface area contributed by atoms with E-state index < -0.39 is 21.8 Å². The molecule has 1 aliphatic rings. The van der Waals surface area contributed by atoms with E-state index in [0.29, 0.717) is 6.42 Å². The molecule has 1 aromatic rings. The molecule has 1 unspecified atom stereocenters. The topological polar surface area (TPSA) is 74.7 Å². The average Bonchev–Trinajstić information content (AvgIpc) is 2.80. The molecule has 0 aliphatic carbocycles. The summed E-state index contributed by atoms with van der Waals surface area (Å²) in [4.78, 5) is 10.5. The number of hydrogen-bond donors (Lipinski definition) is 1. The molecule has 5 nitrogen and oxygen atoms in total. The van der Waals surface area contributed by atoms with Gasteiger partial charge in [-0.25, -0.2) is 12.8 Å². The Balaban J connectivity index is 2.19. The Hall–Kier alpha value is -0.990. The highest BCUT2D eigenvalue weighted by molar-refractivity contribution is 9.10. The zero-order chi connectivity index (χ0) is 14.9. The van der Waals surface area contributed by atoms with E-state index in [0.717, 1.165) is 6.07 Å². The molecular weight excluding hydrogens is 353 g/mol. The van der Waals surface area contributed by atoms with Crippen molar-refractivity contribution in [2.75, 3.05) is 13.1 Å². The van der Waals surface area contributed by atoms with Gasteiger partial charge in [-0.05, 0) is 46.5 Å². The van der Waals surface area contributed by atoms with Crippen LogP contribution in [0.5, 0.6) is 0 Å². The lowest BCUT2D eigenvalue weighted by atomic mass is 10.1. The van der Waals surface area contributed by atoms with Crippen LogP contribution in [-0.2, 0) is 14.8 Å². The Morgan fingerprint density at radius 2 is 2.20 bits per heavy atom. The molecule has 1 aromatic carbocycles. The molecular formula is C12H13BrFNO4S. The summed E-state index contributed by atoms with van der Waals surface area (Å²) < 4.78 is 39.5. The molecule has 0 bridgehead atoms. The Morgan fingerprint density at radius 3 is 2.80 bits per heavy atom. The van der Waals surface area contributed by atoms with E-state index in [1.54, 1.807) is 0 Å². The van der Waals surface area contributed by atoms with Crippen LogP contribution in [0.15, 0.2) is 27.6 Å². The van der Waals surface area contributed by atoms with Crippen LogP contribution in [0, 0.1) is 11.7 Å². The number of nitrogens with zero attached hydrogens (tertiary/aromatic N) is 1. The van der Waals surface area contributed by atoms with E-state index in [2.05, 4.69) is 15.9 Å². The van der Waals surface area contributed by atoms with Crippen molar-refractivity contribution < 1.29 is 22.7 Å². The van der Waals surface area contributed by atoms with Gasteiger partial charge in [-0.1, -0.05) is 0 Å². The van der Waals surface area contributed by atoms with Crippen molar-refractivity contribution in [2.24, 2.45) is 5.92 Å². The van der Waals surface area contributed by atoms with E-state index in [4.69, 9.17) is 5.11 Å². The van der Waals surface area contributed by atoms with Crippen LogP contribution in [0.3, 0.4) is 0 Å². The summed E-state index contributed by atoms with van der Waals surface area (Å²) >= 11 is 2.97. The largest absolute Gasteiger partial charge is 0.481 e. The van der Waals surface area contributed by atoms with Crippen molar-refractivity contribution in [1.82, 2.24) is 4.31 Å². The lowest BCUT2D eigenvalue weighted by Gasteiger charge is -2.16. The molecule has 0 amide bonds. The first kappa shape index (κ1) is 15.4. The summed E-state index contributed by atoms with van der Waals surface area (Å²) in [6.45, 7) is 0.421. The quantitative estimate of drug-likeness (QED) is 0.886. The van der Waals surface area contributed by atoms with Crippen LogP contribution in [-0.4, -0.2) is 36.9 Å². The SMILES string of the molecule is O=C(O)CC1CCN(S(=O)(=O)c2ccc(Br)c(F)c2)C1. The number of carbonyl (C=O) groups is 1. The molecule has 2 rings (SSSR count). The molecule has 110 valence electrons. The summed E-state index contributed by atoms with van der Waals surface area (Å²) in [7, 11) is -3.77. The average molecular weight is 366 g/mol. The van der Waals surface area contributed by atoms with Crippen LogP contribution in [0.4, 0.5) is 4.39 Å². The van der Waals surface area contributed by atoms with Gasteiger partial charge < -0.3 is 5.11 Å². The van der Waals surface area contributed by atoms with Crippen molar-refractivity contribution in [3.8, 4) is 0 Å². The molecule has 1 atom stereocenters. The fraction of sp³-hybridized carbons (Fsp3) is 0.417. The highest BCUT2D eigenvalue weighted by Gasteiger charge is 2.33. The van der Waals surface area contributed by atoms with Crippen molar-refractivity contribution in [2.45, 2.75) is 17.7 Å². The van der Waals surface area contributed by atoms with Gasteiger partial charge in [0, 0.05) is 19.5 Å². The zero-order valence-corrected chi connectivity index (χ0v) is 12.8. The first-order chi connectivity index (χ1) is 9.30. The molecule has 8 heteroatoms. The van der Waals surface area contributed by atoms with Gasteiger partial charge in [-0.2, -0.15) is 4.31 Å². The van der Waals surface area contributed by atoms with E-state index in [1.165, 1.54) is 16.4 Å². The van der Waals surface area contributed by atoms with Crippen molar-refractivity contribution >= 4 is 31.9 Å². The Morgan fingerprint density at radius 1 is 1.50 bits per heavy atom. The molecule has 0 spiro atoms. The van der Waals surface area contributed by atoms with Crippen LogP contribution in [0.25, 0.3) is 0 Å². The fourth-order valence-corrected chi connectivity index (χ4v) is 4.01. The normalized spacial score (nSPS) is 20.2. The van der Waals surface area contributed by atoms with Gasteiger partial charge in [0.05, 0.1) is 9.37 Å². The predicted octanol–water partition coefficient (Wildman–Crippen LogP) is 2.07. The standard InChI is InChI=1S/C12H13BrFNO4S/c13-10-2-1-9(6-11(10)14)20(18,19)15-4-3-8(7-15)5-12(16)17/h1-2,6,8H,3-5,7H2,(H,16,17). The predicted molar refractivity (Wildman–Crippen MR) is 73.2 cm³/mol. The summed E-state index contributed by atoms with van der Waals surface area (Å²) in [6.07, 6.45) is 0.450. The Labute approximate surface area is 124 Å². The molecule has 1 saturated heterocycles. The van der Waals surface area contributed by atoms with Crippen LogP contribution in [0.2, 0.25) is 0 Å². The first-order valence-electron chi connectivity index (χ1n) is 5.97. The van der Waals surface area contributed by atoms with Gasteiger partial charge in [-0.3, -0.25) is 4.79 Å². The number of carboxylic acids is 1. The Bertz CT molecular complexity index is 634.